The lowest BCUT2D eigenvalue weighted by Crippen LogP contribution is -2.38. The third-order valence-corrected chi connectivity index (χ3v) is 8.54. The molecule has 198 valence electrons. The van der Waals surface area contributed by atoms with Crippen LogP contribution in [0.15, 0.2) is 30.5 Å². The molecule has 2 saturated heterocycles. The molecule has 2 aliphatic heterocycles. The summed E-state index contributed by atoms with van der Waals surface area (Å²) in [4.78, 5) is 9.47. The smallest absolute Gasteiger partial charge is 0.126 e. The topological polar surface area (TPSA) is 92.1 Å². The number of aromatic nitrogens is 2. The fourth-order valence-electron chi connectivity index (χ4n) is 5.79. The van der Waals surface area contributed by atoms with Crippen LogP contribution >= 0.6 is 11.6 Å². The third kappa shape index (κ3) is 7.00. The maximum atomic E-state index is 9.74. The molecular formula is C29H38ClN5O2. The van der Waals surface area contributed by atoms with Gasteiger partial charge in [0.25, 0.3) is 0 Å². The van der Waals surface area contributed by atoms with Gasteiger partial charge in [-0.3, -0.25) is 4.98 Å². The first-order valence-corrected chi connectivity index (χ1v) is 14.2. The molecule has 2 aromatic heterocycles. The van der Waals surface area contributed by atoms with Gasteiger partial charge in [-0.2, -0.15) is 5.26 Å². The fourth-order valence-corrected chi connectivity index (χ4v) is 5.99. The van der Waals surface area contributed by atoms with Crippen LogP contribution in [-0.2, 0) is 15.9 Å². The highest BCUT2D eigenvalue weighted by molar-refractivity contribution is 6.33. The SMILES string of the molecule is N#CC1(CNc2cccc(-c3cc(CC4CCC(NC[C@@H]5CCCO5)CC4)ncc3Cl)n2)CCOCC1. The second-order valence-corrected chi connectivity index (χ2v) is 11.3. The van der Waals surface area contributed by atoms with Crippen LogP contribution in [0.1, 0.15) is 57.1 Å². The minimum atomic E-state index is -0.407. The van der Waals surface area contributed by atoms with Crippen LogP contribution in [0.2, 0.25) is 5.02 Å². The Morgan fingerprint density at radius 2 is 1.95 bits per heavy atom. The molecule has 0 spiro atoms. The van der Waals surface area contributed by atoms with Gasteiger partial charge in [0.2, 0.25) is 0 Å². The summed E-state index contributed by atoms with van der Waals surface area (Å²) < 4.78 is 11.2. The number of nitrogens with zero attached hydrogens (tertiary/aromatic N) is 3. The van der Waals surface area contributed by atoms with Gasteiger partial charge in [-0.15, -0.1) is 0 Å². The first kappa shape index (κ1) is 26.4. The summed E-state index contributed by atoms with van der Waals surface area (Å²) in [5, 5.41) is 17.5. The summed E-state index contributed by atoms with van der Waals surface area (Å²) in [5.41, 5.74) is 2.39. The summed E-state index contributed by atoms with van der Waals surface area (Å²) in [6.07, 6.45) is 11.9. The molecule has 0 bridgehead atoms. The molecule has 0 aromatic carbocycles. The average molecular weight is 524 g/mol. The van der Waals surface area contributed by atoms with Gasteiger partial charge in [-0.1, -0.05) is 17.7 Å². The summed E-state index contributed by atoms with van der Waals surface area (Å²) >= 11 is 6.58. The number of nitrogens with one attached hydrogen (secondary N) is 2. The van der Waals surface area contributed by atoms with Gasteiger partial charge in [0, 0.05) is 56.4 Å². The Morgan fingerprint density at radius 1 is 1.11 bits per heavy atom. The summed E-state index contributed by atoms with van der Waals surface area (Å²) in [7, 11) is 0. The highest BCUT2D eigenvalue weighted by Gasteiger charge is 2.32. The van der Waals surface area contributed by atoms with Crippen molar-refractivity contribution in [2.75, 3.05) is 38.2 Å². The predicted molar refractivity (Wildman–Crippen MR) is 145 cm³/mol. The molecule has 0 amide bonds. The van der Waals surface area contributed by atoms with E-state index in [2.05, 4.69) is 27.8 Å². The molecule has 8 heteroatoms. The summed E-state index contributed by atoms with van der Waals surface area (Å²) in [5.74, 6) is 1.40. The molecule has 4 heterocycles. The Labute approximate surface area is 225 Å². The van der Waals surface area contributed by atoms with E-state index in [0.29, 0.717) is 42.8 Å². The van der Waals surface area contributed by atoms with Crippen molar-refractivity contribution in [1.82, 2.24) is 15.3 Å². The Bertz CT molecular complexity index is 1070. The Kier molecular flexibility index (Phi) is 8.93. The van der Waals surface area contributed by atoms with E-state index in [0.717, 1.165) is 55.2 Å². The fraction of sp³-hybridized carbons (Fsp3) is 0.621. The molecule has 2 N–H and O–H groups in total. The number of hydrogen-bond acceptors (Lipinski definition) is 7. The minimum absolute atomic E-state index is 0.407. The molecule has 1 atom stereocenters. The number of pyridine rings is 2. The van der Waals surface area contributed by atoms with E-state index in [-0.39, 0.29) is 0 Å². The van der Waals surface area contributed by atoms with Crippen molar-refractivity contribution in [2.24, 2.45) is 11.3 Å². The zero-order valence-electron chi connectivity index (χ0n) is 21.6. The monoisotopic (exact) mass is 523 g/mol. The van der Waals surface area contributed by atoms with Crippen molar-refractivity contribution in [3.63, 3.8) is 0 Å². The van der Waals surface area contributed by atoms with E-state index in [1.54, 1.807) is 6.20 Å². The molecule has 37 heavy (non-hydrogen) atoms. The van der Waals surface area contributed by atoms with E-state index in [1.165, 1.54) is 38.5 Å². The first-order chi connectivity index (χ1) is 18.1. The molecule has 5 rings (SSSR count). The largest absolute Gasteiger partial charge is 0.381 e. The van der Waals surface area contributed by atoms with Gasteiger partial charge < -0.3 is 20.1 Å². The van der Waals surface area contributed by atoms with Crippen molar-refractivity contribution < 1.29 is 9.47 Å². The normalized spacial score (nSPS) is 25.5. The number of nitriles is 1. The molecule has 2 aromatic rings. The Hall–Kier alpha value is -2.24. The molecule has 3 aliphatic rings. The van der Waals surface area contributed by atoms with E-state index >= 15 is 0 Å². The summed E-state index contributed by atoms with van der Waals surface area (Å²) in [6.45, 7) is 3.73. The van der Waals surface area contributed by atoms with Crippen LogP contribution in [0.3, 0.4) is 0 Å². The molecule has 1 saturated carbocycles. The number of ether oxygens (including phenoxy) is 2. The van der Waals surface area contributed by atoms with Crippen LogP contribution in [0.4, 0.5) is 5.82 Å². The lowest BCUT2D eigenvalue weighted by molar-refractivity contribution is 0.0455. The van der Waals surface area contributed by atoms with Crippen molar-refractivity contribution in [2.45, 2.75) is 69.9 Å². The van der Waals surface area contributed by atoms with Crippen LogP contribution < -0.4 is 10.6 Å². The minimum Gasteiger partial charge on any atom is -0.381 e. The van der Waals surface area contributed by atoms with Crippen molar-refractivity contribution in [3.8, 4) is 17.3 Å². The van der Waals surface area contributed by atoms with Gasteiger partial charge in [-0.25, -0.2) is 4.98 Å². The van der Waals surface area contributed by atoms with Crippen LogP contribution in [0, 0.1) is 22.7 Å². The molecule has 7 nitrogen and oxygen atoms in total. The van der Waals surface area contributed by atoms with E-state index in [4.69, 9.17) is 26.1 Å². The van der Waals surface area contributed by atoms with Crippen LogP contribution in [0.5, 0.6) is 0 Å². The number of rotatable bonds is 9. The lowest BCUT2D eigenvalue weighted by atomic mass is 9.82. The van der Waals surface area contributed by atoms with Crippen molar-refractivity contribution >= 4 is 17.4 Å². The Balaban J connectivity index is 1.17. The van der Waals surface area contributed by atoms with Gasteiger partial charge >= 0.3 is 0 Å². The quantitative estimate of drug-likeness (QED) is 0.454. The third-order valence-electron chi connectivity index (χ3n) is 8.23. The van der Waals surface area contributed by atoms with Gasteiger partial charge in [-0.05, 0) is 81.9 Å². The average Bonchev–Trinajstić information content (AvgIpc) is 3.47. The Morgan fingerprint density at radius 3 is 2.70 bits per heavy atom. The standard InChI is InChI=1S/C29H38ClN5O2/c30-26-18-33-23(15-21-6-8-22(9-7-21)32-17-24-3-2-12-37-24)16-25(26)27-4-1-5-28(35-27)34-20-29(19-31)10-13-36-14-11-29/h1,4-5,16,18,21-22,24,32H,2-3,6-15,17,20H2,(H,34,35)/t21?,22?,24-/m0/s1. The molecule has 3 fully saturated rings. The second-order valence-electron chi connectivity index (χ2n) is 10.9. The first-order valence-electron chi connectivity index (χ1n) is 13.8. The number of hydrogen-bond donors (Lipinski definition) is 2. The predicted octanol–water partition coefficient (Wildman–Crippen LogP) is 5.40. The second kappa shape index (κ2) is 12.5. The molecule has 0 radical (unpaired) electrons. The number of halogens is 1. The maximum Gasteiger partial charge on any atom is 0.126 e. The summed E-state index contributed by atoms with van der Waals surface area (Å²) in [6, 6.07) is 11.1. The number of anilines is 1. The van der Waals surface area contributed by atoms with Crippen LogP contribution in [-0.4, -0.2) is 55.0 Å². The van der Waals surface area contributed by atoms with Gasteiger partial charge in [0.1, 0.15) is 5.82 Å². The highest BCUT2D eigenvalue weighted by atomic mass is 35.5. The van der Waals surface area contributed by atoms with E-state index in [1.807, 2.05) is 18.2 Å². The van der Waals surface area contributed by atoms with Crippen LogP contribution in [0.25, 0.3) is 11.3 Å². The zero-order chi connectivity index (χ0) is 25.5. The zero-order valence-corrected chi connectivity index (χ0v) is 22.3. The van der Waals surface area contributed by atoms with E-state index in [9.17, 15) is 5.26 Å². The van der Waals surface area contributed by atoms with Crippen molar-refractivity contribution in [1.29, 1.82) is 5.26 Å². The lowest BCUT2D eigenvalue weighted by Gasteiger charge is -2.30. The molecule has 0 unspecified atom stereocenters. The van der Waals surface area contributed by atoms with Gasteiger partial charge in [0.05, 0.1) is 28.3 Å². The van der Waals surface area contributed by atoms with Crippen molar-refractivity contribution in [3.05, 3.63) is 41.2 Å². The maximum absolute atomic E-state index is 9.74. The highest BCUT2D eigenvalue weighted by Crippen LogP contribution is 2.32. The van der Waals surface area contributed by atoms with E-state index < -0.39 is 5.41 Å². The molecular weight excluding hydrogens is 486 g/mol. The molecule has 1 aliphatic carbocycles. The van der Waals surface area contributed by atoms with Gasteiger partial charge in [0.15, 0.2) is 0 Å².